The molecule has 0 unspecified atom stereocenters. The van der Waals surface area contributed by atoms with Crippen LogP contribution >= 0.6 is 0 Å². The third-order valence-corrected chi connectivity index (χ3v) is 5.77. The predicted octanol–water partition coefficient (Wildman–Crippen LogP) is 6.95. The largest absolute Gasteiger partial charge is 0.206 e. The van der Waals surface area contributed by atoms with E-state index in [1.165, 1.54) is 22.3 Å². The maximum atomic E-state index is 14.2. The number of halogens is 1. The van der Waals surface area contributed by atoms with Crippen LogP contribution < -0.4 is 0 Å². The minimum atomic E-state index is -0.168. The molecule has 126 valence electrons. The molecule has 0 nitrogen and oxygen atoms in total. The van der Waals surface area contributed by atoms with E-state index in [2.05, 4.69) is 56.3 Å². The molecule has 1 aliphatic carbocycles. The number of fused-ring (bicyclic) bond motifs is 4. The van der Waals surface area contributed by atoms with E-state index in [-0.39, 0.29) is 11.2 Å². The summed E-state index contributed by atoms with van der Waals surface area (Å²) >= 11 is 0. The highest BCUT2D eigenvalue weighted by Crippen LogP contribution is 2.49. The third-order valence-electron chi connectivity index (χ3n) is 5.77. The van der Waals surface area contributed by atoms with Crippen molar-refractivity contribution in [2.24, 2.45) is 0 Å². The van der Waals surface area contributed by atoms with Gasteiger partial charge in [-0.15, -0.1) is 0 Å². The first kappa shape index (κ1) is 15.3. The average Bonchev–Trinajstić information content (AvgIpc) is 2.90. The fourth-order valence-electron chi connectivity index (χ4n) is 4.39. The van der Waals surface area contributed by atoms with E-state index < -0.39 is 0 Å². The van der Waals surface area contributed by atoms with Crippen molar-refractivity contribution in [2.75, 3.05) is 0 Å². The molecule has 26 heavy (non-hydrogen) atoms. The van der Waals surface area contributed by atoms with Gasteiger partial charge in [0.15, 0.2) is 0 Å². The molecule has 1 aliphatic rings. The minimum Gasteiger partial charge on any atom is -0.206 e. The van der Waals surface area contributed by atoms with E-state index in [9.17, 15) is 4.39 Å². The maximum Gasteiger partial charge on any atom is 0.131 e. The van der Waals surface area contributed by atoms with E-state index in [4.69, 9.17) is 0 Å². The van der Waals surface area contributed by atoms with Crippen LogP contribution in [0.2, 0.25) is 0 Å². The van der Waals surface area contributed by atoms with E-state index in [1.54, 1.807) is 6.07 Å². The number of rotatable bonds is 1. The van der Waals surface area contributed by atoms with Crippen LogP contribution in [0.15, 0.2) is 78.9 Å². The quantitative estimate of drug-likeness (QED) is 0.352. The summed E-state index contributed by atoms with van der Waals surface area (Å²) in [6, 6.07) is 26.5. The van der Waals surface area contributed by atoms with Crippen LogP contribution in [0.3, 0.4) is 0 Å². The van der Waals surface area contributed by atoms with E-state index >= 15 is 0 Å². The second kappa shape index (κ2) is 5.28. The van der Waals surface area contributed by atoms with Crippen LogP contribution in [0, 0.1) is 5.82 Å². The Bertz CT molecular complexity index is 1170. The van der Waals surface area contributed by atoms with Crippen molar-refractivity contribution in [3.05, 3.63) is 95.8 Å². The Hall–Kier alpha value is -2.93. The van der Waals surface area contributed by atoms with Gasteiger partial charge >= 0.3 is 0 Å². The third kappa shape index (κ3) is 2.00. The molecule has 0 spiro atoms. The summed E-state index contributed by atoms with van der Waals surface area (Å²) in [5, 5.41) is 1.63. The van der Waals surface area contributed by atoms with Gasteiger partial charge in [-0.2, -0.15) is 0 Å². The second-order valence-electron chi connectivity index (χ2n) is 7.57. The van der Waals surface area contributed by atoms with Gasteiger partial charge in [-0.3, -0.25) is 0 Å². The molecule has 0 radical (unpaired) electrons. The summed E-state index contributed by atoms with van der Waals surface area (Å²) in [6.45, 7) is 4.56. The number of hydrogen-bond acceptors (Lipinski definition) is 0. The number of benzene rings is 4. The maximum absolute atomic E-state index is 14.2. The molecule has 0 aromatic heterocycles. The molecule has 0 bridgehead atoms. The number of hydrogen-bond donors (Lipinski definition) is 0. The van der Waals surface area contributed by atoms with Gasteiger partial charge in [-0.1, -0.05) is 80.6 Å². The lowest BCUT2D eigenvalue weighted by atomic mass is 9.81. The summed E-state index contributed by atoms with van der Waals surface area (Å²) in [5.74, 6) is -0.168. The Balaban J connectivity index is 1.76. The zero-order valence-electron chi connectivity index (χ0n) is 14.9. The normalized spacial score (nSPS) is 14.3. The average molecular weight is 338 g/mol. The van der Waals surface area contributed by atoms with Gasteiger partial charge in [-0.05, 0) is 50.9 Å². The molecular weight excluding hydrogens is 319 g/mol. The molecule has 0 amide bonds. The summed E-state index contributed by atoms with van der Waals surface area (Å²) in [6.07, 6.45) is 0. The fourth-order valence-corrected chi connectivity index (χ4v) is 4.39. The molecule has 0 N–H and O–H groups in total. The smallest absolute Gasteiger partial charge is 0.131 e. The SMILES string of the molecule is CC1(C)c2ccccc2-c2ccc(-c3ccc(F)c4ccccc34)cc21. The summed E-state index contributed by atoms with van der Waals surface area (Å²) in [7, 11) is 0. The van der Waals surface area contributed by atoms with Crippen molar-refractivity contribution in [1.82, 2.24) is 0 Å². The Morgan fingerprint density at radius 1 is 0.615 bits per heavy atom. The lowest BCUT2D eigenvalue weighted by Gasteiger charge is -2.22. The van der Waals surface area contributed by atoms with Crippen molar-refractivity contribution in [1.29, 1.82) is 0 Å². The standard InChI is InChI=1S/C25H19F/c1-25(2)22-10-6-5-8-19(22)20-12-11-16(15-23(20)25)17-13-14-24(26)21-9-4-3-7-18(17)21/h3-15H,1-2H3. The molecule has 4 aromatic carbocycles. The predicted molar refractivity (Wildman–Crippen MR) is 107 cm³/mol. The highest BCUT2D eigenvalue weighted by molar-refractivity contribution is 5.98. The van der Waals surface area contributed by atoms with Gasteiger partial charge in [-0.25, -0.2) is 4.39 Å². The molecule has 0 saturated heterocycles. The van der Waals surface area contributed by atoms with Crippen LogP contribution in [-0.4, -0.2) is 0 Å². The highest BCUT2D eigenvalue weighted by Gasteiger charge is 2.35. The molecule has 1 heteroatoms. The topological polar surface area (TPSA) is 0 Å². The molecule has 0 fully saturated rings. The van der Waals surface area contributed by atoms with E-state index in [1.807, 2.05) is 30.3 Å². The first-order valence-corrected chi connectivity index (χ1v) is 8.99. The molecule has 0 atom stereocenters. The van der Waals surface area contributed by atoms with Crippen LogP contribution in [0.5, 0.6) is 0 Å². The van der Waals surface area contributed by atoms with Gasteiger partial charge in [0.05, 0.1) is 0 Å². The summed E-state index contributed by atoms with van der Waals surface area (Å²) in [4.78, 5) is 0. The van der Waals surface area contributed by atoms with E-state index in [0.29, 0.717) is 5.39 Å². The van der Waals surface area contributed by atoms with Crippen LogP contribution in [0.25, 0.3) is 33.0 Å². The monoisotopic (exact) mass is 338 g/mol. The second-order valence-corrected chi connectivity index (χ2v) is 7.57. The molecule has 0 aliphatic heterocycles. The fraction of sp³-hybridized carbons (Fsp3) is 0.120. The highest BCUT2D eigenvalue weighted by atomic mass is 19.1. The minimum absolute atomic E-state index is 0.0300. The zero-order chi connectivity index (χ0) is 17.9. The van der Waals surface area contributed by atoms with E-state index in [0.717, 1.165) is 16.5 Å². The molecule has 0 saturated carbocycles. The van der Waals surface area contributed by atoms with Gasteiger partial charge in [0.25, 0.3) is 0 Å². The lowest BCUT2D eigenvalue weighted by Crippen LogP contribution is -2.14. The van der Waals surface area contributed by atoms with Crippen LogP contribution in [0.4, 0.5) is 4.39 Å². The molecule has 0 heterocycles. The van der Waals surface area contributed by atoms with Crippen molar-refractivity contribution >= 4 is 10.8 Å². The summed E-state index contributed by atoms with van der Waals surface area (Å²) < 4.78 is 14.2. The first-order valence-electron chi connectivity index (χ1n) is 8.99. The van der Waals surface area contributed by atoms with Gasteiger partial charge in [0.1, 0.15) is 5.82 Å². The van der Waals surface area contributed by atoms with Crippen molar-refractivity contribution in [3.63, 3.8) is 0 Å². The summed E-state index contributed by atoms with van der Waals surface area (Å²) in [5.41, 5.74) is 7.53. The van der Waals surface area contributed by atoms with Crippen LogP contribution in [-0.2, 0) is 5.41 Å². The van der Waals surface area contributed by atoms with Crippen molar-refractivity contribution < 1.29 is 4.39 Å². The Kier molecular flexibility index (Phi) is 3.12. The van der Waals surface area contributed by atoms with Crippen molar-refractivity contribution in [2.45, 2.75) is 19.3 Å². The Morgan fingerprint density at radius 3 is 2.12 bits per heavy atom. The first-order chi connectivity index (χ1) is 12.6. The van der Waals surface area contributed by atoms with Gasteiger partial charge in [0, 0.05) is 10.8 Å². The van der Waals surface area contributed by atoms with Gasteiger partial charge < -0.3 is 0 Å². The zero-order valence-corrected chi connectivity index (χ0v) is 14.9. The molecular formula is C25H19F. The molecule has 4 aromatic rings. The lowest BCUT2D eigenvalue weighted by molar-refractivity contribution is 0.640. The Labute approximate surface area is 152 Å². The Morgan fingerprint density at radius 2 is 1.27 bits per heavy atom. The van der Waals surface area contributed by atoms with Crippen molar-refractivity contribution in [3.8, 4) is 22.3 Å². The molecule has 5 rings (SSSR count). The van der Waals surface area contributed by atoms with Crippen LogP contribution in [0.1, 0.15) is 25.0 Å². The van der Waals surface area contributed by atoms with Gasteiger partial charge in [0.2, 0.25) is 0 Å².